The van der Waals surface area contributed by atoms with E-state index in [0.29, 0.717) is 29.1 Å². The van der Waals surface area contributed by atoms with Crippen LogP contribution in [0.3, 0.4) is 0 Å². The standard InChI is InChI=1S/C22H16O4/c23-17-11-9-16(10-12-17)21-13-18(24)22-19(7-4-8-20(22)26-21)25-14-15-5-2-1-3-6-15/h1-13,23H,14H2. The van der Waals surface area contributed by atoms with Crippen molar-refractivity contribution >= 4 is 11.0 Å². The Morgan fingerprint density at radius 3 is 2.42 bits per heavy atom. The zero-order chi connectivity index (χ0) is 17.9. The molecule has 0 radical (unpaired) electrons. The van der Waals surface area contributed by atoms with Gasteiger partial charge in [0.1, 0.15) is 34.8 Å². The predicted molar refractivity (Wildman–Crippen MR) is 100 cm³/mol. The van der Waals surface area contributed by atoms with Gasteiger partial charge in [0.05, 0.1) is 0 Å². The quantitative estimate of drug-likeness (QED) is 0.581. The number of ether oxygens (including phenoxy) is 1. The van der Waals surface area contributed by atoms with Gasteiger partial charge in [0.25, 0.3) is 0 Å². The Bertz CT molecular complexity index is 1100. The molecule has 0 spiro atoms. The van der Waals surface area contributed by atoms with Crippen molar-refractivity contribution in [2.45, 2.75) is 6.61 Å². The van der Waals surface area contributed by atoms with Crippen molar-refractivity contribution in [2.75, 3.05) is 0 Å². The summed E-state index contributed by atoms with van der Waals surface area (Å²) in [5, 5.41) is 9.83. The fraction of sp³-hybridized carbons (Fsp3) is 0.0455. The number of rotatable bonds is 4. The van der Waals surface area contributed by atoms with Crippen molar-refractivity contribution in [2.24, 2.45) is 0 Å². The number of aromatic hydroxyl groups is 1. The molecule has 0 unspecified atom stereocenters. The molecule has 0 saturated carbocycles. The molecule has 4 heteroatoms. The highest BCUT2D eigenvalue weighted by atomic mass is 16.5. The molecule has 0 aliphatic heterocycles. The van der Waals surface area contributed by atoms with Gasteiger partial charge >= 0.3 is 0 Å². The van der Waals surface area contributed by atoms with Crippen LogP contribution in [0.15, 0.2) is 88.1 Å². The second kappa shape index (κ2) is 6.76. The van der Waals surface area contributed by atoms with Gasteiger partial charge in [-0.2, -0.15) is 0 Å². The fourth-order valence-corrected chi connectivity index (χ4v) is 2.80. The number of hydrogen-bond acceptors (Lipinski definition) is 4. The van der Waals surface area contributed by atoms with E-state index in [1.54, 1.807) is 42.5 Å². The zero-order valence-electron chi connectivity index (χ0n) is 13.9. The number of benzene rings is 3. The third-order valence-corrected chi connectivity index (χ3v) is 4.11. The minimum Gasteiger partial charge on any atom is -0.508 e. The van der Waals surface area contributed by atoms with E-state index in [-0.39, 0.29) is 11.2 Å². The van der Waals surface area contributed by atoms with Crippen LogP contribution < -0.4 is 10.2 Å². The second-order valence-corrected chi connectivity index (χ2v) is 5.93. The first-order chi connectivity index (χ1) is 12.7. The van der Waals surface area contributed by atoms with E-state index < -0.39 is 0 Å². The largest absolute Gasteiger partial charge is 0.508 e. The highest BCUT2D eigenvalue weighted by Gasteiger charge is 2.12. The first-order valence-corrected chi connectivity index (χ1v) is 8.24. The molecule has 4 nitrogen and oxygen atoms in total. The molecular weight excluding hydrogens is 328 g/mol. The summed E-state index contributed by atoms with van der Waals surface area (Å²) in [7, 11) is 0. The van der Waals surface area contributed by atoms with Crippen LogP contribution in [0, 0.1) is 0 Å². The van der Waals surface area contributed by atoms with Gasteiger partial charge in [-0.25, -0.2) is 0 Å². The first-order valence-electron chi connectivity index (χ1n) is 8.24. The van der Waals surface area contributed by atoms with Crippen LogP contribution in [-0.2, 0) is 6.61 Å². The Kier molecular flexibility index (Phi) is 4.15. The van der Waals surface area contributed by atoms with Gasteiger partial charge in [-0.05, 0) is 42.0 Å². The molecule has 0 aliphatic rings. The summed E-state index contributed by atoms with van der Waals surface area (Å²) >= 11 is 0. The molecule has 1 heterocycles. The van der Waals surface area contributed by atoms with Crippen LogP contribution in [0.5, 0.6) is 11.5 Å². The monoisotopic (exact) mass is 344 g/mol. The third kappa shape index (κ3) is 3.17. The first kappa shape index (κ1) is 16.0. The SMILES string of the molecule is O=c1cc(-c2ccc(O)cc2)oc2cccc(OCc3ccccc3)c12. The average Bonchev–Trinajstić information content (AvgIpc) is 2.67. The predicted octanol–water partition coefficient (Wildman–Crippen LogP) is 4.74. The van der Waals surface area contributed by atoms with Crippen LogP contribution in [0.4, 0.5) is 0 Å². The van der Waals surface area contributed by atoms with Gasteiger partial charge in [-0.3, -0.25) is 4.79 Å². The summed E-state index contributed by atoms with van der Waals surface area (Å²) < 4.78 is 11.8. The van der Waals surface area contributed by atoms with Gasteiger partial charge < -0.3 is 14.3 Å². The van der Waals surface area contributed by atoms with E-state index in [1.807, 2.05) is 30.3 Å². The van der Waals surface area contributed by atoms with Crippen molar-refractivity contribution in [1.82, 2.24) is 0 Å². The van der Waals surface area contributed by atoms with Crippen LogP contribution in [0.1, 0.15) is 5.56 Å². The van der Waals surface area contributed by atoms with Crippen LogP contribution in [0.2, 0.25) is 0 Å². The highest BCUT2D eigenvalue weighted by molar-refractivity contribution is 5.84. The van der Waals surface area contributed by atoms with Crippen LogP contribution in [-0.4, -0.2) is 5.11 Å². The Morgan fingerprint density at radius 2 is 1.65 bits per heavy atom. The molecule has 0 atom stereocenters. The van der Waals surface area contributed by atoms with Gasteiger partial charge in [0.15, 0.2) is 5.43 Å². The normalized spacial score (nSPS) is 10.8. The maximum absolute atomic E-state index is 12.7. The molecular formula is C22H16O4. The molecule has 1 N–H and O–H groups in total. The molecule has 1 aromatic heterocycles. The lowest BCUT2D eigenvalue weighted by atomic mass is 10.1. The van der Waals surface area contributed by atoms with E-state index in [0.717, 1.165) is 11.1 Å². The molecule has 26 heavy (non-hydrogen) atoms. The molecule has 4 rings (SSSR count). The molecule has 0 aliphatic carbocycles. The van der Waals surface area contributed by atoms with Crippen LogP contribution >= 0.6 is 0 Å². The third-order valence-electron chi connectivity index (χ3n) is 4.11. The smallest absolute Gasteiger partial charge is 0.197 e. The Morgan fingerprint density at radius 1 is 0.885 bits per heavy atom. The van der Waals surface area contributed by atoms with Crippen molar-refractivity contribution in [1.29, 1.82) is 0 Å². The van der Waals surface area contributed by atoms with E-state index in [4.69, 9.17) is 9.15 Å². The number of hydrogen-bond donors (Lipinski definition) is 1. The number of phenols is 1. The lowest BCUT2D eigenvalue weighted by Crippen LogP contribution is -2.04. The molecule has 4 aromatic rings. The number of fused-ring (bicyclic) bond motifs is 1. The van der Waals surface area contributed by atoms with Crippen molar-refractivity contribution in [3.05, 3.63) is 94.6 Å². The fourth-order valence-electron chi connectivity index (χ4n) is 2.80. The molecule has 0 amide bonds. The van der Waals surface area contributed by atoms with Gasteiger partial charge in [0, 0.05) is 11.6 Å². The number of phenolic OH excluding ortho intramolecular Hbond substituents is 1. The van der Waals surface area contributed by atoms with Crippen LogP contribution in [0.25, 0.3) is 22.3 Å². The minimum absolute atomic E-state index is 0.161. The summed E-state index contributed by atoms with van der Waals surface area (Å²) in [4.78, 5) is 12.7. The van der Waals surface area contributed by atoms with E-state index >= 15 is 0 Å². The van der Waals surface area contributed by atoms with E-state index in [2.05, 4.69) is 0 Å². The Hall–Kier alpha value is -3.53. The summed E-state index contributed by atoms with van der Waals surface area (Å²) in [5.74, 6) is 1.11. The van der Waals surface area contributed by atoms with E-state index in [1.165, 1.54) is 6.07 Å². The summed E-state index contributed by atoms with van der Waals surface area (Å²) in [5.41, 5.74) is 2.04. The van der Waals surface area contributed by atoms with Gasteiger partial charge in [-0.15, -0.1) is 0 Å². The second-order valence-electron chi connectivity index (χ2n) is 5.93. The summed E-state index contributed by atoms with van der Waals surface area (Å²) in [6.07, 6.45) is 0. The van der Waals surface area contributed by atoms with Gasteiger partial charge in [0.2, 0.25) is 0 Å². The lowest BCUT2D eigenvalue weighted by molar-refractivity contribution is 0.309. The topological polar surface area (TPSA) is 59.7 Å². The van der Waals surface area contributed by atoms with Gasteiger partial charge in [-0.1, -0.05) is 36.4 Å². The summed E-state index contributed by atoms with van der Waals surface area (Å²) in [6, 6.07) is 23.0. The molecule has 128 valence electrons. The molecule has 3 aromatic carbocycles. The Labute approximate surface area is 149 Å². The van der Waals surface area contributed by atoms with E-state index in [9.17, 15) is 9.90 Å². The summed E-state index contributed by atoms with van der Waals surface area (Å²) in [6.45, 7) is 0.374. The molecule has 0 bridgehead atoms. The highest BCUT2D eigenvalue weighted by Crippen LogP contribution is 2.28. The Balaban J connectivity index is 1.72. The average molecular weight is 344 g/mol. The molecule has 0 saturated heterocycles. The lowest BCUT2D eigenvalue weighted by Gasteiger charge is -2.09. The van der Waals surface area contributed by atoms with Crippen molar-refractivity contribution in [3.63, 3.8) is 0 Å². The maximum Gasteiger partial charge on any atom is 0.197 e. The maximum atomic E-state index is 12.7. The zero-order valence-corrected chi connectivity index (χ0v) is 13.9. The molecule has 0 fully saturated rings. The van der Waals surface area contributed by atoms with Crippen molar-refractivity contribution < 1.29 is 14.3 Å². The van der Waals surface area contributed by atoms with Crippen molar-refractivity contribution in [3.8, 4) is 22.8 Å². The minimum atomic E-state index is -0.169.